The van der Waals surface area contributed by atoms with Gasteiger partial charge in [-0.15, -0.1) is 11.3 Å². The number of benzene rings is 2. The van der Waals surface area contributed by atoms with E-state index >= 15 is 0 Å². The van der Waals surface area contributed by atoms with Crippen LogP contribution in [-0.4, -0.2) is 21.1 Å². The van der Waals surface area contributed by atoms with Gasteiger partial charge in [-0.05, 0) is 59.3 Å². The fourth-order valence-corrected chi connectivity index (χ4v) is 5.15. The van der Waals surface area contributed by atoms with E-state index in [0.717, 1.165) is 27.4 Å². The van der Waals surface area contributed by atoms with Crippen molar-refractivity contribution in [2.24, 2.45) is 5.73 Å². The molecular weight excluding hydrogens is 465 g/mol. The summed E-state index contributed by atoms with van der Waals surface area (Å²) in [5.41, 5.74) is 10.9. The maximum atomic E-state index is 14.0. The third kappa shape index (κ3) is 5.50. The predicted octanol–water partition coefficient (Wildman–Crippen LogP) is 5.39. The van der Waals surface area contributed by atoms with Crippen LogP contribution in [0.2, 0.25) is 0 Å². The van der Waals surface area contributed by atoms with Crippen molar-refractivity contribution in [3.05, 3.63) is 106 Å². The highest BCUT2D eigenvalue weighted by molar-refractivity contribution is 7.80. The van der Waals surface area contributed by atoms with Gasteiger partial charge < -0.3 is 15.2 Å². The predicted molar refractivity (Wildman–Crippen MR) is 139 cm³/mol. The first-order valence-electron chi connectivity index (χ1n) is 10.8. The van der Waals surface area contributed by atoms with Crippen LogP contribution in [0.25, 0.3) is 0 Å². The van der Waals surface area contributed by atoms with E-state index in [-0.39, 0.29) is 5.82 Å². The van der Waals surface area contributed by atoms with Crippen molar-refractivity contribution in [3.63, 3.8) is 0 Å². The van der Waals surface area contributed by atoms with Crippen LogP contribution in [0, 0.1) is 24.1 Å². The summed E-state index contributed by atoms with van der Waals surface area (Å²) < 4.78 is 16.1. The maximum Gasteiger partial charge on any atom is 0.123 e. The Morgan fingerprint density at radius 3 is 2.71 bits per heavy atom. The number of nitrogens with zero attached hydrogens (tertiary/aromatic N) is 4. The number of rotatable bonds is 9. The fraction of sp³-hybridized carbons (Fsp3) is 0.192. The van der Waals surface area contributed by atoms with Gasteiger partial charge in [-0.25, -0.2) is 9.37 Å². The molecule has 2 aromatic carbocycles. The van der Waals surface area contributed by atoms with Crippen LogP contribution in [0.3, 0.4) is 0 Å². The molecular formula is C26H24FN5S2. The zero-order valence-electron chi connectivity index (χ0n) is 18.7. The van der Waals surface area contributed by atoms with E-state index in [9.17, 15) is 4.39 Å². The third-order valence-corrected chi connectivity index (χ3v) is 6.90. The lowest BCUT2D eigenvalue weighted by Crippen LogP contribution is -2.38. The summed E-state index contributed by atoms with van der Waals surface area (Å²) in [6.45, 7) is 3.32. The molecule has 0 aliphatic rings. The third-order valence-electron chi connectivity index (χ3n) is 5.59. The average molecular weight is 490 g/mol. The number of nitriles is 1. The van der Waals surface area contributed by atoms with Crippen LogP contribution in [0.15, 0.2) is 72.5 Å². The maximum absolute atomic E-state index is 14.0. The second-order valence-electron chi connectivity index (χ2n) is 8.09. The summed E-state index contributed by atoms with van der Waals surface area (Å²) >= 11 is 7.07. The van der Waals surface area contributed by atoms with Crippen molar-refractivity contribution >= 4 is 33.5 Å². The molecule has 0 fully saturated rings. The Morgan fingerprint density at radius 2 is 2.06 bits per heavy atom. The Morgan fingerprint density at radius 1 is 1.26 bits per heavy atom. The molecule has 8 heteroatoms. The number of thiocarbonyl (C=S) groups is 1. The Balaban J connectivity index is 1.59. The molecule has 0 saturated heterocycles. The van der Waals surface area contributed by atoms with Crippen molar-refractivity contribution in [1.82, 2.24) is 9.55 Å². The minimum Gasteiger partial charge on any atom is -0.391 e. The zero-order chi connectivity index (χ0) is 24.1. The second-order valence-corrected chi connectivity index (χ2v) is 9.45. The summed E-state index contributed by atoms with van der Waals surface area (Å²) in [5.74, 6) is -0.318. The van der Waals surface area contributed by atoms with E-state index < -0.39 is 6.04 Å². The van der Waals surface area contributed by atoms with Gasteiger partial charge in [0, 0.05) is 31.4 Å². The molecule has 0 aliphatic carbocycles. The summed E-state index contributed by atoms with van der Waals surface area (Å²) in [7, 11) is 0. The molecule has 4 aromatic rings. The van der Waals surface area contributed by atoms with Crippen molar-refractivity contribution in [1.29, 1.82) is 5.26 Å². The van der Waals surface area contributed by atoms with E-state index in [2.05, 4.69) is 32.0 Å². The number of imidazole rings is 1. The van der Waals surface area contributed by atoms with Gasteiger partial charge in [0.2, 0.25) is 0 Å². The molecule has 0 radical (unpaired) electrons. The molecule has 2 heterocycles. The standard InChI is InChI=1S/C26H24FN5S2/c1-18-11-24(34-16-18)32(25(26(29)33)21-3-2-4-22(27)12-21)10-9-23-14-30-17-31(23)15-20-7-5-19(13-28)6-8-20/h2-8,11-12,14,16-17,25H,9-10,15H2,1H3,(H2,29,33). The van der Waals surface area contributed by atoms with Crippen molar-refractivity contribution in [2.45, 2.75) is 25.9 Å². The monoisotopic (exact) mass is 489 g/mol. The topological polar surface area (TPSA) is 70.9 Å². The molecule has 5 nitrogen and oxygen atoms in total. The van der Waals surface area contributed by atoms with Crippen LogP contribution in [-0.2, 0) is 13.0 Å². The van der Waals surface area contributed by atoms with Crippen molar-refractivity contribution in [2.75, 3.05) is 11.4 Å². The molecule has 4 rings (SSSR count). The first-order chi connectivity index (χ1) is 16.4. The zero-order valence-corrected chi connectivity index (χ0v) is 20.3. The van der Waals surface area contributed by atoms with Gasteiger partial charge in [-0.3, -0.25) is 0 Å². The van der Waals surface area contributed by atoms with Gasteiger partial charge in [0.25, 0.3) is 0 Å². The highest BCUT2D eigenvalue weighted by Gasteiger charge is 2.25. The lowest BCUT2D eigenvalue weighted by Gasteiger charge is -2.32. The van der Waals surface area contributed by atoms with Crippen LogP contribution in [0.1, 0.15) is 34.0 Å². The van der Waals surface area contributed by atoms with E-state index in [0.29, 0.717) is 30.1 Å². The highest BCUT2D eigenvalue weighted by Crippen LogP contribution is 2.33. The molecule has 0 spiro atoms. The van der Waals surface area contributed by atoms with Gasteiger partial charge in [0.05, 0.1) is 23.0 Å². The summed E-state index contributed by atoms with van der Waals surface area (Å²) in [6.07, 6.45) is 4.37. The Labute approximate surface area is 207 Å². The molecule has 2 aromatic heterocycles. The summed E-state index contributed by atoms with van der Waals surface area (Å²) in [5, 5.41) is 12.1. The average Bonchev–Trinajstić information content (AvgIpc) is 3.45. The van der Waals surface area contributed by atoms with Crippen LogP contribution in [0.4, 0.5) is 9.39 Å². The second kappa shape index (κ2) is 10.6. The minimum absolute atomic E-state index is 0.294. The van der Waals surface area contributed by atoms with Crippen LogP contribution >= 0.6 is 23.6 Å². The van der Waals surface area contributed by atoms with Gasteiger partial charge in [0.1, 0.15) is 16.8 Å². The molecule has 0 saturated carbocycles. The van der Waals surface area contributed by atoms with Gasteiger partial charge in [-0.2, -0.15) is 5.26 Å². The van der Waals surface area contributed by atoms with Crippen molar-refractivity contribution < 1.29 is 4.39 Å². The molecule has 0 aliphatic heterocycles. The summed E-state index contributed by atoms with van der Waals surface area (Å²) in [4.78, 5) is 6.79. The van der Waals surface area contributed by atoms with Crippen LogP contribution in [0.5, 0.6) is 0 Å². The van der Waals surface area contributed by atoms with Gasteiger partial charge in [0.15, 0.2) is 0 Å². The minimum atomic E-state index is -0.432. The molecule has 1 unspecified atom stereocenters. The lowest BCUT2D eigenvalue weighted by molar-refractivity contribution is 0.622. The van der Waals surface area contributed by atoms with E-state index in [4.69, 9.17) is 23.2 Å². The number of anilines is 1. The molecule has 0 bridgehead atoms. The number of nitrogens with two attached hydrogens (primary N) is 1. The highest BCUT2D eigenvalue weighted by atomic mass is 32.1. The molecule has 2 N–H and O–H groups in total. The normalized spacial score (nSPS) is 11.7. The van der Waals surface area contributed by atoms with E-state index in [1.807, 2.05) is 49.8 Å². The number of aromatic nitrogens is 2. The smallest absolute Gasteiger partial charge is 0.123 e. The Bertz CT molecular complexity index is 1320. The number of halogens is 1. The first kappa shape index (κ1) is 23.6. The van der Waals surface area contributed by atoms with E-state index in [1.165, 1.54) is 12.1 Å². The lowest BCUT2D eigenvalue weighted by atomic mass is 10.0. The first-order valence-corrected chi connectivity index (χ1v) is 12.1. The Hall–Kier alpha value is -3.54. The number of hydrogen-bond donors (Lipinski definition) is 1. The summed E-state index contributed by atoms with van der Waals surface area (Å²) in [6, 6.07) is 17.8. The van der Waals surface area contributed by atoms with Gasteiger partial charge >= 0.3 is 0 Å². The van der Waals surface area contributed by atoms with Gasteiger partial charge in [-0.1, -0.05) is 36.5 Å². The fourth-order valence-electron chi connectivity index (χ4n) is 3.92. The molecule has 1 atom stereocenters. The molecule has 34 heavy (non-hydrogen) atoms. The van der Waals surface area contributed by atoms with Crippen LogP contribution < -0.4 is 10.6 Å². The number of aryl methyl sites for hydroxylation is 1. The van der Waals surface area contributed by atoms with Crippen molar-refractivity contribution in [3.8, 4) is 6.07 Å². The molecule has 172 valence electrons. The quantitative estimate of drug-likeness (QED) is 0.319. The largest absolute Gasteiger partial charge is 0.391 e. The van der Waals surface area contributed by atoms with E-state index in [1.54, 1.807) is 17.4 Å². The molecule has 0 amide bonds. The number of hydrogen-bond acceptors (Lipinski definition) is 5. The SMILES string of the molecule is Cc1csc(N(CCc2cncn2Cc2ccc(C#N)cc2)C(C(N)=S)c2cccc(F)c2)c1. The number of thiophene rings is 1. The Kier molecular flexibility index (Phi) is 7.36.